The molecule has 2 aromatic rings. The van der Waals surface area contributed by atoms with E-state index in [1.54, 1.807) is 41.2 Å². The largest absolute Gasteiger partial charge is 0.496 e. The number of piperazine rings is 1. The molecule has 2 amide bonds. The second-order valence-corrected chi connectivity index (χ2v) is 7.47. The van der Waals surface area contributed by atoms with Crippen molar-refractivity contribution in [2.75, 3.05) is 53.6 Å². The molecule has 1 saturated heterocycles. The zero-order chi connectivity index (χ0) is 22.0. The number of amides is 2. The second kappa shape index (κ2) is 8.75. The summed E-state index contributed by atoms with van der Waals surface area (Å²) in [5.41, 5.74) is 2.03. The third kappa shape index (κ3) is 4.10. The van der Waals surface area contributed by atoms with Crippen molar-refractivity contribution in [1.29, 1.82) is 0 Å². The highest BCUT2D eigenvalue weighted by Crippen LogP contribution is 2.40. The molecule has 0 N–H and O–H groups in total. The monoisotopic (exact) mass is 426 g/mol. The topological polar surface area (TPSA) is 77.5 Å². The molecule has 2 aliphatic rings. The molecule has 0 radical (unpaired) electrons. The van der Waals surface area contributed by atoms with Crippen molar-refractivity contribution in [3.05, 3.63) is 47.0 Å². The minimum absolute atomic E-state index is 0.0635. The van der Waals surface area contributed by atoms with Crippen LogP contribution in [-0.2, 0) is 0 Å². The maximum Gasteiger partial charge on any atom is 0.254 e. The van der Waals surface area contributed by atoms with E-state index in [2.05, 4.69) is 0 Å². The van der Waals surface area contributed by atoms with Gasteiger partial charge in [-0.05, 0) is 36.8 Å². The van der Waals surface area contributed by atoms with Crippen molar-refractivity contribution in [3.63, 3.8) is 0 Å². The number of carbonyl (C=O) groups excluding carboxylic acids is 2. The number of methoxy groups -OCH3 is 2. The second-order valence-electron chi connectivity index (χ2n) is 7.47. The van der Waals surface area contributed by atoms with Gasteiger partial charge in [0.2, 0.25) is 5.75 Å². The lowest BCUT2D eigenvalue weighted by Crippen LogP contribution is -2.50. The van der Waals surface area contributed by atoms with E-state index in [1.807, 2.05) is 13.0 Å². The number of aryl methyl sites for hydroxylation is 1. The first-order valence-corrected chi connectivity index (χ1v) is 10.2. The Labute approximate surface area is 181 Å². The molecular weight excluding hydrogens is 400 g/mol. The summed E-state index contributed by atoms with van der Waals surface area (Å²) >= 11 is 0. The van der Waals surface area contributed by atoms with E-state index in [0.717, 1.165) is 5.56 Å². The summed E-state index contributed by atoms with van der Waals surface area (Å²) in [4.78, 5) is 29.5. The summed E-state index contributed by atoms with van der Waals surface area (Å²) in [7, 11) is 3.13. The van der Waals surface area contributed by atoms with Gasteiger partial charge in [-0.25, -0.2) is 0 Å². The van der Waals surface area contributed by atoms with Crippen molar-refractivity contribution in [2.45, 2.75) is 6.92 Å². The first kappa shape index (κ1) is 20.8. The van der Waals surface area contributed by atoms with E-state index in [1.165, 1.54) is 7.11 Å². The van der Waals surface area contributed by atoms with Crippen LogP contribution in [0, 0.1) is 6.92 Å². The van der Waals surface area contributed by atoms with Gasteiger partial charge in [0.15, 0.2) is 11.5 Å². The zero-order valence-corrected chi connectivity index (χ0v) is 18.0. The summed E-state index contributed by atoms with van der Waals surface area (Å²) < 4.78 is 21.9. The Morgan fingerprint density at radius 2 is 1.39 bits per heavy atom. The summed E-state index contributed by atoms with van der Waals surface area (Å²) in [5.74, 6) is 2.01. The minimum Gasteiger partial charge on any atom is -0.496 e. The highest BCUT2D eigenvalue weighted by molar-refractivity contribution is 5.97. The van der Waals surface area contributed by atoms with Crippen LogP contribution in [-0.4, -0.2) is 75.2 Å². The van der Waals surface area contributed by atoms with Gasteiger partial charge in [0.25, 0.3) is 11.8 Å². The van der Waals surface area contributed by atoms with Gasteiger partial charge < -0.3 is 28.7 Å². The summed E-state index contributed by atoms with van der Waals surface area (Å²) in [6, 6.07) is 8.80. The Balaban J connectivity index is 1.44. The third-order valence-electron chi connectivity index (χ3n) is 5.58. The molecule has 0 saturated carbocycles. The van der Waals surface area contributed by atoms with E-state index in [4.69, 9.17) is 18.9 Å². The number of carbonyl (C=O) groups is 2. The minimum atomic E-state index is -0.126. The van der Waals surface area contributed by atoms with E-state index in [0.29, 0.717) is 73.5 Å². The van der Waals surface area contributed by atoms with Gasteiger partial charge in [0.1, 0.15) is 19.0 Å². The van der Waals surface area contributed by atoms with Gasteiger partial charge >= 0.3 is 0 Å². The van der Waals surface area contributed by atoms with Gasteiger partial charge in [0, 0.05) is 37.3 Å². The predicted octanol–water partition coefficient (Wildman–Crippen LogP) is 2.38. The molecule has 8 heteroatoms. The zero-order valence-electron chi connectivity index (χ0n) is 18.0. The molecule has 2 aromatic carbocycles. The van der Waals surface area contributed by atoms with Crippen molar-refractivity contribution < 1.29 is 28.5 Å². The molecule has 0 aliphatic carbocycles. The maximum atomic E-state index is 13.1. The van der Waals surface area contributed by atoms with Gasteiger partial charge in [0.05, 0.1) is 14.2 Å². The van der Waals surface area contributed by atoms with Gasteiger partial charge in [-0.3, -0.25) is 9.59 Å². The summed E-state index contributed by atoms with van der Waals surface area (Å²) in [5, 5.41) is 0. The van der Waals surface area contributed by atoms with Crippen LogP contribution in [0.5, 0.6) is 23.0 Å². The van der Waals surface area contributed by atoms with E-state index >= 15 is 0 Å². The van der Waals surface area contributed by atoms with Crippen LogP contribution in [0.2, 0.25) is 0 Å². The van der Waals surface area contributed by atoms with Crippen molar-refractivity contribution in [3.8, 4) is 23.0 Å². The highest BCUT2D eigenvalue weighted by atomic mass is 16.6. The van der Waals surface area contributed by atoms with Crippen LogP contribution in [0.25, 0.3) is 0 Å². The van der Waals surface area contributed by atoms with E-state index in [-0.39, 0.29) is 11.8 Å². The average molecular weight is 426 g/mol. The number of hydrogen-bond donors (Lipinski definition) is 0. The third-order valence-corrected chi connectivity index (χ3v) is 5.58. The van der Waals surface area contributed by atoms with Gasteiger partial charge in [-0.15, -0.1) is 0 Å². The fourth-order valence-electron chi connectivity index (χ4n) is 3.83. The molecule has 0 unspecified atom stereocenters. The number of benzene rings is 2. The Bertz CT molecular complexity index is 981. The standard InChI is InChI=1S/C23H26N2O6/c1-15-4-5-16(12-18(15)28-2)22(26)24-6-8-25(9-7-24)23(27)17-13-19(29-3)21-20(14-17)30-10-11-31-21/h4-5,12-14H,6-11H2,1-3H3. The van der Waals surface area contributed by atoms with Crippen LogP contribution in [0.3, 0.4) is 0 Å². The number of nitrogens with zero attached hydrogens (tertiary/aromatic N) is 2. The Hall–Kier alpha value is -3.42. The molecule has 31 heavy (non-hydrogen) atoms. The first-order chi connectivity index (χ1) is 15.0. The normalized spacial score (nSPS) is 15.5. The fourth-order valence-corrected chi connectivity index (χ4v) is 3.83. The van der Waals surface area contributed by atoms with Crippen LogP contribution in [0.1, 0.15) is 26.3 Å². The molecule has 164 valence electrons. The fraction of sp³-hybridized carbons (Fsp3) is 0.391. The Morgan fingerprint density at radius 1 is 0.806 bits per heavy atom. The van der Waals surface area contributed by atoms with Crippen LogP contribution in [0.15, 0.2) is 30.3 Å². The smallest absolute Gasteiger partial charge is 0.254 e. The quantitative estimate of drug-likeness (QED) is 0.747. The highest BCUT2D eigenvalue weighted by Gasteiger charge is 2.28. The van der Waals surface area contributed by atoms with E-state index in [9.17, 15) is 9.59 Å². The molecule has 8 nitrogen and oxygen atoms in total. The molecule has 0 aromatic heterocycles. The van der Waals surface area contributed by atoms with Gasteiger partial charge in [-0.2, -0.15) is 0 Å². The molecule has 0 bridgehead atoms. The predicted molar refractivity (Wildman–Crippen MR) is 114 cm³/mol. The molecule has 0 atom stereocenters. The Kier molecular flexibility index (Phi) is 5.88. The number of hydrogen-bond acceptors (Lipinski definition) is 6. The van der Waals surface area contributed by atoms with E-state index < -0.39 is 0 Å². The molecule has 2 aliphatic heterocycles. The molecular formula is C23H26N2O6. The molecule has 2 heterocycles. The van der Waals surface area contributed by atoms with Crippen LogP contribution >= 0.6 is 0 Å². The first-order valence-electron chi connectivity index (χ1n) is 10.2. The SMILES string of the molecule is COc1cc(C(=O)N2CCN(C(=O)c3cc(OC)c4c(c3)OCCO4)CC2)ccc1C. The summed E-state index contributed by atoms with van der Waals surface area (Å²) in [6.07, 6.45) is 0. The van der Waals surface area contributed by atoms with Crippen molar-refractivity contribution in [2.24, 2.45) is 0 Å². The molecule has 0 spiro atoms. The maximum absolute atomic E-state index is 13.1. The lowest BCUT2D eigenvalue weighted by atomic mass is 10.1. The van der Waals surface area contributed by atoms with Crippen LogP contribution < -0.4 is 18.9 Å². The molecule has 1 fully saturated rings. The van der Waals surface area contributed by atoms with Crippen molar-refractivity contribution >= 4 is 11.8 Å². The molecule has 4 rings (SSSR count). The lowest BCUT2D eigenvalue weighted by Gasteiger charge is -2.35. The number of fused-ring (bicyclic) bond motifs is 1. The number of ether oxygens (including phenoxy) is 4. The lowest BCUT2D eigenvalue weighted by molar-refractivity contribution is 0.0534. The summed E-state index contributed by atoms with van der Waals surface area (Å²) in [6.45, 7) is 4.63. The van der Waals surface area contributed by atoms with Crippen LogP contribution in [0.4, 0.5) is 0 Å². The number of rotatable bonds is 4. The average Bonchev–Trinajstić information content (AvgIpc) is 2.82. The Morgan fingerprint density at radius 3 is 2.03 bits per heavy atom. The van der Waals surface area contributed by atoms with Crippen molar-refractivity contribution in [1.82, 2.24) is 9.80 Å². The van der Waals surface area contributed by atoms with Gasteiger partial charge in [-0.1, -0.05) is 6.07 Å².